The van der Waals surface area contributed by atoms with Crippen LogP contribution in [0.1, 0.15) is 27.7 Å². The zero-order valence-corrected chi connectivity index (χ0v) is 13.3. The van der Waals surface area contributed by atoms with Crippen LogP contribution in [0.25, 0.3) is 11.3 Å². The Morgan fingerprint density at radius 2 is 1.59 bits per heavy atom. The van der Waals surface area contributed by atoms with Crippen molar-refractivity contribution in [1.82, 2.24) is 4.98 Å². The van der Waals surface area contributed by atoms with Crippen LogP contribution in [0.4, 0.5) is 4.39 Å². The van der Waals surface area contributed by atoms with E-state index in [1.54, 1.807) is 30.5 Å². The minimum atomic E-state index is -0.452. The van der Waals surface area contributed by atoms with Crippen molar-refractivity contribution < 1.29 is 13.7 Å². The molecule has 2 aromatic rings. The summed E-state index contributed by atoms with van der Waals surface area (Å²) >= 11 is 0. The maximum Gasteiger partial charge on any atom is 0.496 e. The van der Waals surface area contributed by atoms with Crippen LogP contribution in [0.5, 0.6) is 0 Å². The molecule has 3 nitrogen and oxygen atoms in total. The van der Waals surface area contributed by atoms with E-state index in [0.29, 0.717) is 11.3 Å². The Hall–Kier alpha value is -1.72. The summed E-state index contributed by atoms with van der Waals surface area (Å²) in [5.41, 5.74) is 1.14. The average molecular weight is 299 g/mol. The number of benzene rings is 1. The fourth-order valence-corrected chi connectivity index (χ4v) is 2.35. The van der Waals surface area contributed by atoms with Gasteiger partial charge in [-0.25, -0.2) is 4.39 Å². The first-order valence-corrected chi connectivity index (χ1v) is 7.37. The summed E-state index contributed by atoms with van der Waals surface area (Å²) in [7, 11) is -0.452. The average Bonchev–Trinajstić information content (AvgIpc) is 2.68. The number of nitrogens with zero attached hydrogens (tertiary/aromatic N) is 1. The van der Waals surface area contributed by atoms with E-state index >= 15 is 0 Å². The third-order valence-corrected chi connectivity index (χ3v) is 4.46. The molecule has 0 N–H and O–H groups in total. The minimum absolute atomic E-state index is 0.279. The second-order valence-electron chi connectivity index (χ2n) is 6.54. The van der Waals surface area contributed by atoms with E-state index < -0.39 is 7.12 Å². The number of halogens is 1. The van der Waals surface area contributed by atoms with Gasteiger partial charge in [-0.1, -0.05) is 18.2 Å². The van der Waals surface area contributed by atoms with Crippen molar-refractivity contribution >= 4 is 12.6 Å². The fraction of sp³-hybridized carbons (Fsp3) is 0.353. The Morgan fingerprint density at radius 1 is 0.955 bits per heavy atom. The molecule has 0 unspecified atom stereocenters. The molecule has 2 heterocycles. The standard InChI is InChI=1S/C17H19BFNO2/c1-16(2)17(3,4)22-18(21-16)12-9-10-15(20-11-12)13-7-5-6-8-14(13)19/h5-11H,1-4H3. The van der Waals surface area contributed by atoms with Gasteiger partial charge in [0.15, 0.2) is 0 Å². The van der Waals surface area contributed by atoms with Crippen LogP contribution in [0.3, 0.4) is 0 Å². The highest BCUT2D eigenvalue weighted by Crippen LogP contribution is 2.36. The molecule has 1 aliphatic rings. The van der Waals surface area contributed by atoms with E-state index in [-0.39, 0.29) is 17.0 Å². The van der Waals surface area contributed by atoms with Crippen molar-refractivity contribution in [1.29, 1.82) is 0 Å². The third-order valence-electron chi connectivity index (χ3n) is 4.46. The Kier molecular flexibility index (Phi) is 3.58. The molecule has 22 heavy (non-hydrogen) atoms. The molecule has 1 aliphatic heterocycles. The normalized spacial score (nSPS) is 19.4. The number of hydrogen-bond acceptors (Lipinski definition) is 3. The van der Waals surface area contributed by atoms with Crippen molar-refractivity contribution in [2.24, 2.45) is 0 Å². The molecule has 5 heteroatoms. The summed E-state index contributed by atoms with van der Waals surface area (Å²) in [6, 6.07) is 10.3. The summed E-state index contributed by atoms with van der Waals surface area (Å²) in [6.45, 7) is 8.03. The lowest BCUT2D eigenvalue weighted by atomic mass is 9.80. The van der Waals surface area contributed by atoms with Crippen LogP contribution >= 0.6 is 0 Å². The largest absolute Gasteiger partial charge is 0.496 e. The summed E-state index contributed by atoms with van der Waals surface area (Å²) in [4.78, 5) is 4.35. The SMILES string of the molecule is CC1(C)OB(c2ccc(-c3ccccc3F)nc2)OC1(C)C. The van der Waals surface area contributed by atoms with Crippen LogP contribution in [-0.2, 0) is 9.31 Å². The fourth-order valence-electron chi connectivity index (χ4n) is 2.35. The van der Waals surface area contributed by atoms with E-state index in [4.69, 9.17) is 9.31 Å². The number of pyridine rings is 1. The highest BCUT2D eigenvalue weighted by Gasteiger charge is 2.51. The van der Waals surface area contributed by atoms with E-state index in [9.17, 15) is 4.39 Å². The molecule has 0 atom stereocenters. The van der Waals surface area contributed by atoms with Gasteiger partial charge in [-0.3, -0.25) is 4.98 Å². The number of rotatable bonds is 2. The highest BCUT2D eigenvalue weighted by molar-refractivity contribution is 6.62. The van der Waals surface area contributed by atoms with Gasteiger partial charge in [-0.2, -0.15) is 0 Å². The van der Waals surface area contributed by atoms with Crippen LogP contribution in [-0.4, -0.2) is 23.3 Å². The molecule has 1 fully saturated rings. The van der Waals surface area contributed by atoms with Crippen molar-refractivity contribution in [2.75, 3.05) is 0 Å². The molecule has 1 aromatic carbocycles. The maximum absolute atomic E-state index is 13.8. The van der Waals surface area contributed by atoms with Crippen molar-refractivity contribution in [3.63, 3.8) is 0 Å². The Morgan fingerprint density at radius 3 is 2.14 bits per heavy atom. The van der Waals surface area contributed by atoms with Crippen LogP contribution in [0, 0.1) is 5.82 Å². The van der Waals surface area contributed by atoms with Crippen molar-refractivity contribution in [3.8, 4) is 11.3 Å². The smallest absolute Gasteiger partial charge is 0.399 e. The molecule has 1 saturated heterocycles. The molecule has 0 amide bonds. The molecular formula is C17H19BFNO2. The molecule has 0 bridgehead atoms. The van der Waals surface area contributed by atoms with E-state index in [0.717, 1.165) is 5.46 Å². The van der Waals surface area contributed by atoms with Gasteiger partial charge in [0.1, 0.15) is 5.82 Å². The second-order valence-corrected chi connectivity index (χ2v) is 6.54. The van der Waals surface area contributed by atoms with Gasteiger partial charge < -0.3 is 9.31 Å². The molecule has 0 spiro atoms. The predicted octanol–water partition coefficient (Wildman–Crippen LogP) is 3.19. The zero-order chi connectivity index (χ0) is 16.0. The van der Waals surface area contributed by atoms with E-state index in [1.165, 1.54) is 6.07 Å². The lowest BCUT2D eigenvalue weighted by molar-refractivity contribution is 0.00578. The molecule has 0 radical (unpaired) electrons. The van der Waals surface area contributed by atoms with Crippen LogP contribution in [0.2, 0.25) is 0 Å². The Bertz CT molecular complexity index is 669. The summed E-state index contributed by atoms with van der Waals surface area (Å²) < 4.78 is 25.8. The first-order chi connectivity index (χ1) is 10.3. The lowest BCUT2D eigenvalue weighted by Crippen LogP contribution is -2.41. The van der Waals surface area contributed by atoms with Gasteiger partial charge >= 0.3 is 7.12 Å². The molecule has 0 aliphatic carbocycles. The minimum Gasteiger partial charge on any atom is -0.399 e. The molecule has 0 saturated carbocycles. The zero-order valence-electron chi connectivity index (χ0n) is 13.3. The molecule has 114 valence electrons. The topological polar surface area (TPSA) is 31.4 Å². The van der Waals surface area contributed by atoms with E-state index in [1.807, 2.05) is 33.8 Å². The van der Waals surface area contributed by atoms with Crippen LogP contribution < -0.4 is 5.46 Å². The van der Waals surface area contributed by atoms with Crippen molar-refractivity contribution in [3.05, 3.63) is 48.4 Å². The summed E-state index contributed by atoms with van der Waals surface area (Å²) in [6.07, 6.45) is 1.68. The third kappa shape index (κ3) is 2.55. The molecule has 1 aromatic heterocycles. The number of aromatic nitrogens is 1. The van der Waals surface area contributed by atoms with Gasteiger partial charge in [0, 0.05) is 17.2 Å². The Balaban J connectivity index is 1.86. The quantitative estimate of drug-likeness (QED) is 0.798. The molecular weight excluding hydrogens is 280 g/mol. The Labute approximate surface area is 130 Å². The van der Waals surface area contributed by atoms with Crippen molar-refractivity contribution in [2.45, 2.75) is 38.9 Å². The predicted molar refractivity (Wildman–Crippen MR) is 85.3 cm³/mol. The van der Waals surface area contributed by atoms with Gasteiger partial charge in [0.05, 0.1) is 16.9 Å². The first kappa shape index (κ1) is 15.2. The van der Waals surface area contributed by atoms with E-state index in [2.05, 4.69) is 4.98 Å². The summed E-state index contributed by atoms with van der Waals surface area (Å²) in [5.74, 6) is -0.279. The number of hydrogen-bond donors (Lipinski definition) is 0. The van der Waals surface area contributed by atoms with Gasteiger partial charge in [-0.05, 0) is 45.9 Å². The lowest BCUT2D eigenvalue weighted by Gasteiger charge is -2.32. The first-order valence-electron chi connectivity index (χ1n) is 7.37. The van der Waals surface area contributed by atoms with Gasteiger partial charge in [0.25, 0.3) is 0 Å². The second kappa shape index (κ2) is 5.18. The monoisotopic (exact) mass is 299 g/mol. The van der Waals surface area contributed by atoms with Crippen LogP contribution in [0.15, 0.2) is 42.6 Å². The van der Waals surface area contributed by atoms with Gasteiger partial charge in [0.2, 0.25) is 0 Å². The summed E-state index contributed by atoms with van der Waals surface area (Å²) in [5, 5.41) is 0. The molecule has 3 rings (SSSR count). The van der Waals surface area contributed by atoms with Gasteiger partial charge in [-0.15, -0.1) is 0 Å². The highest BCUT2D eigenvalue weighted by atomic mass is 19.1. The maximum atomic E-state index is 13.8.